The summed E-state index contributed by atoms with van der Waals surface area (Å²) >= 11 is 0. The standard InChI is InChI=1S/C15H18N2O/c1-11-7-12(16)9-14(8-11)17(13-4-5-13)10-15-3-2-6-18-15/h2-3,6-9,13H,4-5,10,16H2,1H3. The lowest BCUT2D eigenvalue weighted by atomic mass is 10.1. The zero-order valence-corrected chi connectivity index (χ0v) is 10.6. The van der Waals surface area contributed by atoms with Crippen LogP contribution in [0.3, 0.4) is 0 Å². The Morgan fingerprint density at radius 2 is 2.17 bits per heavy atom. The Hall–Kier alpha value is -1.90. The topological polar surface area (TPSA) is 42.4 Å². The molecule has 1 aromatic heterocycles. The first kappa shape index (κ1) is 11.2. The number of hydrogen-bond acceptors (Lipinski definition) is 3. The van der Waals surface area contributed by atoms with Crippen molar-refractivity contribution in [1.82, 2.24) is 0 Å². The largest absolute Gasteiger partial charge is 0.467 e. The quantitative estimate of drug-likeness (QED) is 0.836. The number of aryl methyl sites for hydroxylation is 1. The number of benzene rings is 1. The van der Waals surface area contributed by atoms with Crippen LogP contribution in [0.15, 0.2) is 41.0 Å². The molecule has 0 aliphatic heterocycles. The van der Waals surface area contributed by atoms with Gasteiger partial charge in [-0.1, -0.05) is 0 Å². The van der Waals surface area contributed by atoms with Crippen LogP contribution in [-0.4, -0.2) is 6.04 Å². The van der Waals surface area contributed by atoms with Gasteiger partial charge in [0.25, 0.3) is 0 Å². The molecule has 0 amide bonds. The molecule has 1 heterocycles. The Balaban J connectivity index is 1.89. The van der Waals surface area contributed by atoms with Crippen molar-refractivity contribution in [2.75, 3.05) is 10.6 Å². The molecule has 0 spiro atoms. The SMILES string of the molecule is Cc1cc(N)cc(N(Cc2ccco2)C2CC2)c1. The summed E-state index contributed by atoms with van der Waals surface area (Å²) in [5.74, 6) is 1.00. The number of hydrogen-bond donors (Lipinski definition) is 1. The summed E-state index contributed by atoms with van der Waals surface area (Å²) in [6.45, 7) is 2.90. The average molecular weight is 242 g/mol. The Kier molecular flexibility index (Phi) is 2.74. The maximum atomic E-state index is 5.94. The Morgan fingerprint density at radius 1 is 1.33 bits per heavy atom. The molecule has 94 valence electrons. The van der Waals surface area contributed by atoms with Crippen LogP contribution in [0.4, 0.5) is 11.4 Å². The van der Waals surface area contributed by atoms with Gasteiger partial charge >= 0.3 is 0 Å². The minimum atomic E-state index is 0.635. The van der Waals surface area contributed by atoms with E-state index in [0.29, 0.717) is 6.04 Å². The molecule has 2 N–H and O–H groups in total. The fraction of sp³-hybridized carbons (Fsp3) is 0.333. The van der Waals surface area contributed by atoms with Gasteiger partial charge in [0.2, 0.25) is 0 Å². The van der Waals surface area contributed by atoms with E-state index in [1.165, 1.54) is 24.1 Å². The van der Waals surface area contributed by atoms with Crippen molar-refractivity contribution in [2.45, 2.75) is 32.4 Å². The molecule has 1 saturated carbocycles. The van der Waals surface area contributed by atoms with Crippen LogP contribution in [0.5, 0.6) is 0 Å². The van der Waals surface area contributed by atoms with E-state index in [1.54, 1.807) is 6.26 Å². The van der Waals surface area contributed by atoms with Crippen LogP contribution in [0.25, 0.3) is 0 Å². The normalized spacial score (nSPS) is 14.7. The van der Waals surface area contributed by atoms with Crippen molar-refractivity contribution in [3.63, 3.8) is 0 Å². The fourth-order valence-electron chi connectivity index (χ4n) is 2.35. The van der Waals surface area contributed by atoms with Crippen molar-refractivity contribution in [3.05, 3.63) is 47.9 Å². The van der Waals surface area contributed by atoms with Gasteiger partial charge in [-0.25, -0.2) is 0 Å². The van der Waals surface area contributed by atoms with E-state index >= 15 is 0 Å². The Bertz CT molecular complexity index is 509. The van der Waals surface area contributed by atoms with Gasteiger partial charge in [0.1, 0.15) is 5.76 Å². The minimum Gasteiger partial charge on any atom is -0.467 e. The molecular weight excluding hydrogens is 224 g/mol. The fourth-order valence-corrected chi connectivity index (χ4v) is 2.35. The third kappa shape index (κ3) is 2.35. The van der Waals surface area contributed by atoms with E-state index in [-0.39, 0.29) is 0 Å². The van der Waals surface area contributed by atoms with E-state index in [0.717, 1.165) is 18.0 Å². The molecule has 3 rings (SSSR count). The van der Waals surface area contributed by atoms with Gasteiger partial charge in [0.05, 0.1) is 12.8 Å². The highest BCUT2D eigenvalue weighted by molar-refractivity contribution is 5.59. The van der Waals surface area contributed by atoms with Gasteiger partial charge < -0.3 is 15.1 Å². The lowest BCUT2D eigenvalue weighted by Crippen LogP contribution is -2.24. The van der Waals surface area contributed by atoms with Crippen LogP contribution < -0.4 is 10.6 Å². The maximum absolute atomic E-state index is 5.94. The molecular formula is C15H18N2O. The Morgan fingerprint density at radius 3 is 2.78 bits per heavy atom. The summed E-state index contributed by atoms with van der Waals surface area (Å²) in [6.07, 6.45) is 4.24. The van der Waals surface area contributed by atoms with E-state index in [1.807, 2.05) is 24.3 Å². The van der Waals surface area contributed by atoms with Crippen molar-refractivity contribution in [3.8, 4) is 0 Å². The predicted octanol–water partition coefficient (Wildman–Crippen LogP) is 3.34. The van der Waals surface area contributed by atoms with Crippen molar-refractivity contribution in [1.29, 1.82) is 0 Å². The molecule has 1 aliphatic carbocycles. The monoisotopic (exact) mass is 242 g/mol. The second-order valence-electron chi connectivity index (χ2n) is 5.04. The highest BCUT2D eigenvalue weighted by Gasteiger charge is 2.30. The van der Waals surface area contributed by atoms with Gasteiger partial charge in [-0.05, 0) is 55.7 Å². The molecule has 0 saturated heterocycles. The van der Waals surface area contributed by atoms with Crippen molar-refractivity contribution >= 4 is 11.4 Å². The van der Waals surface area contributed by atoms with Gasteiger partial charge in [-0.2, -0.15) is 0 Å². The van der Waals surface area contributed by atoms with Gasteiger partial charge in [-0.3, -0.25) is 0 Å². The van der Waals surface area contributed by atoms with E-state index < -0.39 is 0 Å². The second kappa shape index (κ2) is 4.41. The molecule has 0 bridgehead atoms. The molecule has 3 nitrogen and oxygen atoms in total. The number of nitrogen functional groups attached to an aromatic ring is 1. The molecule has 0 radical (unpaired) electrons. The van der Waals surface area contributed by atoms with E-state index in [2.05, 4.69) is 17.9 Å². The summed E-state index contributed by atoms with van der Waals surface area (Å²) in [4.78, 5) is 2.39. The second-order valence-corrected chi connectivity index (χ2v) is 5.04. The molecule has 2 aromatic rings. The zero-order chi connectivity index (χ0) is 12.5. The summed E-state index contributed by atoms with van der Waals surface area (Å²) in [6, 6.07) is 10.8. The lowest BCUT2D eigenvalue weighted by Gasteiger charge is -2.24. The van der Waals surface area contributed by atoms with Gasteiger partial charge in [-0.15, -0.1) is 0 Å². The van der Waals surface area contributed by atoms with Crippen molar-refractivity contribution in [2.24, 2.45) is 0 Å². The minimum absolute atomic E-state index is 0.635. The summed E-state index contributed by atoms with van der Waals surface area (Å²) in [5, 5.41) is 0. The van der Waals surface area contributed by atoms with Crippen LogP contribution in [-0.2, 0) is 6.54 Å². The molecule has 18 heavy (non-hydrogen) atoms. The smallest absolute Gasteiger partial charge is 0.123 e. The van der Waals surface area contributed by atoms with E-state index in [4.69, 9.17) is 10.2 Å². The van der Waals surface area contributed by atoms with Crippen molar-refractivity contribution < 1.29 is 4.42 Å². The number of anilines is 2. The molecule has 1 aromatic carbocycles. The summed E-state index contributed by atoms with van der Waals surface area (Å²) in [5.41, 5.74) is 9.17. The van der Waals surface area contributed by atoms with Gasteiger partial charge in [0.15, 0.2) is 0 Å². The van der Waals surface area contributed by atoms with Crippen LogP contribution in [0, 0.1) is 6.92 Å². The highest BCUT2D eigenvalue weighted by atomic mass is 16.3. The summed E-state index contributed by atoms with van der Waals surface area (Å²) in [7, 11) is 0. The number of nitrogens with zero attached hydrogens (tertiary/aromatic N) is 1. The first-order chi connectivity index (χ1) is 8.72. The van der Waals surface area contributed by atoms with Crippen LogP contribution >= 0.6 is 0 Å². The van der Waals surface area contributed by atoms with Crippen LogP contribution in [0.1, 0.15) is 24.2 Å². The number of furan rings is 1. The zero-order valence-electron chi connectivity index (χ0n) is 10.6. The predicted molar refractivity (Wildman–Crippen MR) is 73.5 cm³/mol. The van der Waals surface area contributed by atoms with Crippen LogP contribution in [0.2, 0.25) is 0 Å². The Labute approximate surface area is 107 Å². The first-order valence-electron chi connectivity index (χ1n) is 6.38. The molecule has 1 aliphatic rings. The molecule has 1 fully saturated rings. The molecule has 0 atom stereocenters. The third-order valence-corrected chi connectivity index (χ3v) is 3.31. The number of nitrogens with two attached hydrogens (primary N) is 1. The maximum Gasteiger partial charge on any atom is 0.123 e. The molecule has 0 unspecified atom stereocenters. The van der Waals surface area contributed by atoms with E-state index in [9.17, 15) is 0 Å². The average Bonchev–Trinajstić information content (AvgIpc) is 3.02. The highest BCUT2D eigenvalue weighted by Crippen LogP contribution is 2.34. The van der Waals surface area contributed by atoms with Gasteiger partial charge in [0, 0.05) is 17.4 Å². The number of rotatable bonds is 4. The third-order valence-electron chi connectivity index (χ3n) is 3.31. The first-order valence-corrected chi connectivity index (χ1v) is 6.38. The lowest BCUT2D eigenvalue weighted by molar-refractivity contribution is 0.501. The molecule has 3 heteroatoms. The summed E-state index contributed by atoms with van der Waals surface area (Å²) < 4.78 is 5.45.